The van der Waals surface area contributed by atoms with Gasteiger partial charge in [0.1, 0.15) is 5.82 Å². The van der Waals surface area contributed by atoms with Crippen molar-refractivity contribution < 1.29 is 10.0 Å². The van der Waals surface area contributed by atoms with Gasteiger partial charge in [0.25, 0.3) is 5.91 Å². The largest absolute Gasteiger partial charge is 0.331 e. The van der Waals surface area contributed by atoms with Crippen molar-refractivity contribution in [1.29, 1.82) is 0 Å². The smallest absolute Gasteiger partial charge is 0.267 e. The van der Waals surface area contributed by atoms with Gasteiger partial charge in [0, 0.05) is 19.5 Å². The molecule has 0 fully saturated rings. The molecule has 0 unspecified atom stereocenters. The van der Waals surface area contributed by atoms with Gasteiger partial charge in [-0.3, -0.25) is 10.0 Å². The maximum Gasteiger partial charge on any atom is 0.267 e. The highest BCUT2D eigenvalue weighted by molar-refractivity contribution is 5.91. The summed E-state index contributed by atoms with van der Waals surface area (Å²) >= 11 is 0. The Hall–Kier alpha value is -3.44. The van der Waals surface area contributed by atoms with Gasteiger partial charge < -0.3 is 4.57 Å². The predicted molar refractivity (Wildman–Crippen MR) is 125 cm³/mol. The third-order valence-electron chi connectivity index (χ3n) is 4.01. The van der Waals surface area contributed by atoms with Crippen molar-refractivity contribution in [1.82, 2.24) is 15.0 Å². The van der Waals surface area contributed by atoms with E-state index in [1.165, 1.54) is 11.6 Å². The second kappa shape index (κ2) is 13.7. The number of nitrogens with zero attached hydrogens (tertiary/aromatic N) is 2. The molecule has 0 saturated carbocycles. The molecule has 1 amide bonds. The van der Waals surface area contributed by atoms with Gasteiger partial charge in [0.05, 0.1) is 11.0 Å². The highest BCUT2D eigenvalue weighted by Gasteiger charge is 2.08. The molecule has 3 aromatic rings. The molecule has 5 nitrogen and oxygen atoms in total. The van der Waals surface area contributed by atoms with Crippen LogP contribution in [-0.2, 0) is 24.7 Å². The van der Waals surface area contributed by atoms with E-state index in [1.54, 1.807) is 23.7 Å². The number of aromatic nitrogens is 2. The third-order valence-corrected chi connectivity index (χ3v) is 4.01. The van der Waals surface area contributed by atoms with E-state index in [-0.39, 0.29) is 0 Å². The van der Waals surface area contributed by atoms with Crippen LogP contribution in [0.1, 0.15) is 30.8 Å². The first-order valence-electron chi connectivity index (χ1n) is 9.76. The topological polar surface area (TPSA) is 67.2 Å². The van der Waals surface area contributed by atoms with E-state index in [0.717, 1.165) is 35.3 Å². The van der Waals surface area contributed by atoms with Crippen molar-refractivity contribution in [2.45, 2.75) is 26.7 Å². The average molecular weight is 406 g/mol. The summed E-state index contributed by atoms with van der Waals surface area (Å²) in [6.45, 7) is 10.5. The lowest BCUT2D eigenvalue weighted by Gasteiger charge is -2.03. The van der Waals surface area contributed by atoms with Crippen LogP contribution in [-0.4, -0.2) is 20.7 Å². The lowest BCUT2D eigenvalue weighted by Crippen LogP contribution is -2.14. The molecule has 30 heavy (non-hydrogen) atoms. The standard InChI is InChI=1S/C19H19N3O2.2C3H6/c1-22-17-10-7-15(9-12-19(23)21-24)13-16(17)20-18(22)11-8-14-5-3-2-4-6-14;2*1-3-2/h2-7,9-10,12-13,24H,8,11H2,1H3,(H,21,23);2*3H,1H2,2H3/b12-9+;;. The van der Waals surface area contributed by atoms with Crippen LogP contribution in [0.3, 0.4) is 0 Å². The van der Waals surface area contributed by atoms with E-state index in [2.05, 4.69) is 29.9 Å². The Labute approximate surface area is 179 Å². The first-order valence-corrected chi connectivity index (χ1v) is 9.76. The number of nitrogens with one attached hydrogen (secondary N) is 1. The summed E-state index contributed by atoms with van der Waals surface area (Å²) < 4.78 is 2.10. The molecule has 0 aliphatic heterocycles. The molecule has 0 bridgehead atoms. The average Bonchev–Trinajstić information content (AvgIpc) is 3.07. The number of aryl methyl sites for hydroxylation is 3. The molecule has 2 N–H and O–H groups in total. The SMILES string of the molecule is C=CC.C=CC.Cn1c(CCc2ccccc2)nc2cc(/C=C/C(=O)NO)ccc21. The Bertz CT molecular complexity index is 967. The number of benzene rings is 2. The number of hydroxylamine groups is 1. The van der Waals surface area contributed by atoms with Crippen LogP contribution in [0.15, 0.2) is 79.9 Å². The van der Waals surface area contributed by atoms with E-state index in [1.807, 2.05) is 57.3 Å². The predicted octanol–water partition coefficient (Wildman–Crippen LogP) is 5.26. The van der Waals surface area contributed by atoms with Crippen molar-refractivity contribution in [3.05, 3.63) is 96.9 Å². The first-order chi connectivity index (χ1) is 14.5. The Balaban J connectivity index is 0.000000672. The van der Waals surface area contributed by atoms with Crippen molar-refractivity contribution in [3.8, 4) is 0 Å². The number of rotatable bonds is 5. The summed E-state index contributed by atoms with van der Waals surface area (Å²) in [5, 5.41) is 8.51. The molecule has 0 spiro atoms. The fourth-order valence-electron chi connectivity index (χ4n) is 2.70. The van der Waals surface area contributed by atoms with Gasteiger partial charge in [-0.05, 0) is 49.6 Å². The highest BCUT2D eigenvalue weighted by Crippen LogP contribution is 2.19. The minimum atomic E-state index is -0.556. The number of hydrogen-bond donors (Lipinski definition) is 2. The van der Waals surface area contributed by atoms with Crippen LogP contribution >= 0.6 is 0 Å². The molecule has 0 saturated heterocycles. The van der Waals surface area contributed by atoms with Crippen molar-refractivity contribution in [2.24, 2.45) is 7.05 Å². The molecule has 1 aromatic heterocycles. The summed E-state index contributed by atoms with van der Waals surface area (Å²) in [6.07, 6.45) is 8.23. The summed E-state index contributed by atoms with van der Waals surface area (Å²) in [4.78, 5) is 15.8. The summed E-state index contributed by atoms with van der Waals surface area (Å²) in [5.41, 5.74) is 5.68. The quantitative estimate of drug-likeness (QED) is 0.263. The van der Waals surface area contributed by atoms with Gasteiger partial charge in [0.15, 0.2) is 0 Å². The number of fused-ring (bicyclic) bond motifs is 1. The number of hydrogen-bond acceptors (Lipinski definition) is 3. The van der Waals surface area contributed by atoms with E-state index >= 15 is 0 Å². The molecular formula is C25H31N3O2. The van der Waals surface area contributed by atoms with Crippen LogP contribution < -0.4 is 5.48 Å². The zero-order valence-corrected chi connectivity index (χ0v) is 18.0. The number of imidazole rings is 1. The van der Waals surface area contributed by atoms with Gasteiger partial charge in [-0.15, -0.1) is 13.2 Å². The molecule has 0 aliphatic carbocycles. The Morgan fingerprint density at radius 2 is 1.73 bits per heavy atom. The fourth-order valence-corrected chi connectivity index (χ4v) is 2.70. The fraction of sp³-hybridized carbons (Fsp3) is 0.200. The molecule has 5 heteroatoms. The van der Waals surface area contributed by atoms with E-state index in [4.69, 9.17) is 10.2 Å². The normalized spacial score (nSPS) is 9.87. The van der Waals surface area contributed by atoms with Crippen molar-refractivity contribution in [3.63, 3.8) is 0 Å². The number of carbonyl (C=O) groups is 1. The van der Waals surface area contributed by atoms with Crippen LogP contribution in [0.25, 0.3) is 17.1 Å². The monoisotopic (exact) mass is 405 g/mol. The van der Waals surface area contributed by atoms with E-state index in [9.17, 15) is 4.79 Å². The molecule has 0 aliphatic rings. The van der Waals surface area contributed by atoms with E-state index < -0.39 is 5.91 Å². The van der Waals surface area contributed by atoms with Gasteiger partial charge >= 0.3 is 0 Å². The zero-order valence-electron chi connectivity index (χ0n) is 18.0. The lowest BCUT2D eigenvalue weighted by molar-refractivity contribution is -0.124. The van der Waals surface area contributed by atoms with Gasteiger partial charge in [-0.25, -0.2) is 10.5 Å². The first kappa shape index (κ1) is 24.6. The molecule has 0 radical (unpaired) electrons. The summed E-state index contributed by atoms with van der Waals surface area (Å²) in [5.74, 6) is 0.475. The van der Waals surface area contributed by atoms with Gasteiger partial charge in [-0.2, -0.15) is 0 Å². The third kappa shape index (κ3) is 7.89. The number of amides is 1. The minimum absolute atomic E-state index is 0.556. The summed E-state index contributed by atoms with van der Waals surface area (Å²) in [7, 11) is 2.02. The summed E-state index contributed by atoms with van der Waals surface area (Å²) in [6, 6.07) is 16.2. The molecule has 3 rings (SSSR count). The second-order valence-electron chi connectivity index (χ2n) is 6.45. The van der Waals surface area contributed by atoms with E-state index in [0.29, 0.717) is 0 Å². The van der Waals surface area contributed by atoms with Crippen LogP contribution in [0.4, 0.5) is 0 Å². The molecule has 0 atom stereocenters. The van der Waals surface area contributed by atoms with Gasteiger partial charge in [-0.1, -0.05) is 48.6 Å². The number of carbonyl (C=O) groups excluding carboxylic acids is 1. The number of allylic oxidation sites excluding steroid dienone is 2. The van der Waals surface area contributed by atoms with Gasteiger partial charge in [0.2, 0.25) is 0 Å². The lowest BCUT2D eigenvalue weighted by atomic mass is 10.1. The van der Waals surface area contributed by atoms with Crippen LogP contribution in [0, 0.1) is 0 Å². The second-order valence-corrected chi connectivity index (χ2v) is 6.45. The molecule has 158 valence electrons. The Kier molecular flexibility index (Phi) is 11.2. The molecule has 1 heterocycles. The van der Waals surface area contributed by atoms with Crippen LogP contribution in [0.2, 0.25) is 0 Å². The molecule has 2 aromatic carbocycles. The Morgan fingerprint density at radius 3 is 2.33 bits per heavy atom. The zero-order chi connectivity index (χ0) is 22.4. The highest BCUT2D eigenvalue weighted by atomic mass is 16.5. The minimum Gasteiger partial charge on any atom is -0.331 e. The Morgan fingerprint density at radius 1 is 1.10 bits per heavy atom. The van der Waals surface area contributed by atoms with Crippen molar-refractivity contribution >= 4 is 23.0 Å². The maximum atomic E-state index is 11.1. The maximum absolute atomic E-state index is 11.1. The van der Waals surface area contributed by atoms with Crippen molar-refractivity contribution in [2.75, 3.05) is 0 Å². The van der Waals surface area contributed by atoms with Crippen LogP contribution in [0.5, 0.6) is 0 Å². The molecular weight excluding hydrogens is 374 g/mol.